The van der Waals surface area contributed by atoms with Crippen molar-refractivity contribution < 1.29 is 0 Å². The highest BCUT2D eigenvalue weighted by Crippen LogP contribution is 2.40. The van der Waals surface area contributed by atoms with Crippen molar-refractivity contribution in [2.24, 2.45) is 0 Å². The standard InChI is InChI=1S/C53H34N4/c1-3-11-35(12-4-1)37-19-21-39(22-20-37)40-25-29-44(30-26-40)52-54-51(43-27-23-38(24-28-43)36-13-5-2-6-14-36)55-53(56-52)57-47-33-31-41-15-7-9-17-45(41)49(47)50-46-18-10-8-16-42(46)32-34-48(50)57/h1-34H. The van der Waals surface area contributed by atoms with Gasteiger partial charge >= 0.3 is 0 Å². The molecule has 2 aromatic heterocycles. The number of hydrogen-bond donors (Lipinski definition) is 0. The largest absolute Gasteiger partial charge is 0.278 e. The van der Waals surface area contributed by atoms with Gasteiger partial charge in [-0.2, -0.15) is 9.97 Å². The van der Waals surface area contributed by atoms with Gasteiger partial charge in [0.1, 0.15) is 0 Å². The SMILES string of the molecule is c1ccc(-c2ccc(-c3ccc(-c4nc(-c5ccc(-c6ccccc6)cc5)nc(-n5c6ccc7ccccc7c6c6c7ccccc7ccc65)n4)cc3)cc2)cc1. The molecule has 0 aliphatic carbocycles. The molecule has 0 spiro atoms. The smallest absolute Gasteiger partial charge is 0.238 e. The third-order valence-corrected chi connectivity index (χ3v) is 11.1. The molecule has 0 saturated carbocycles. The third-order valence-electron chi connectivity index (χ3n) is 11.1. The summed E-state index contributed by atoms with van der Waals surface area (Å²) in [6.45, 7) is 0. The lowest BCUT2D eigenvalue weighted by Crippen LogP contribution is -2.06. The first-order chi connectivity index (χ1) is 28.2. The van der Waals surface area contributed by atoms with Gasteiger partial charge in [-0.25, -0.2) is 4.98 Å². The second-order valence-electron chi connectivity index (χ2n) is 14.4. The quantitative estimate of drug-likeness (QED) is 0.171. The van der Waals surface area contributed by atoms with Gasteiger partial charge in [-0.3, -0.25) is 4.57 Å². The van der Waals surface area contributed by atoms with Crippen LogP contribution in [0.3, 0.4) is 0 Å². The first-order valence-corrected chi connectivity index (χ1v) is 19.3. The van der Waals surface area contributed by atoms with Crippen LogP contribution in [0.4, 0.5) is 0 Å². The molecule has 11 aromatic rings. The van der Waals surface area contributed by atoms with Gasteiger partial charge in [-0.05, 0) is 67.1 Å². The molecule has 266 valence electrons. The molecule has 0 unspecified atom stereocenters. The number of hydrogen-bond acceptors (Lipinski definition) is 3. The van der Waals surface area contributed by atoms with Crippen molar-refractivity contribution in [3.05, 3.63) is 206 Å². The first-order valence-electron chi connectivity index (χ1n) is 19.3. The van der Waals surface area contributed by atoms with Crippen LogP contribution in [0.2, 0.25) is 0 Å². The zero-order chi connectivity index (χ0) is 37.7. The number of nitrogens with zero attached hydrogens (tertiary/aromatic N) is 4. The molecular formula is C53H34N4. The van der Waals surface area contributed by atoms with Crippen molar-refractivity contribution >= 4 is 43.4 Å². The number of benzene rings is 9. The fourth-order valence-electron chi connectivity index (χ4n) is 8.23. The summed E-state index contributed by atoms with van der Waals surface area (Å²) in [4.78, 5) is 15.7. The molecule has 0 N–H and O–H groups in total. The molecule has 0 saturated heterocycles. The molecule has 4 heteroatoms. The van der Waals surface area contributed by atoms with Crippen molar-refractivity contribution in [3.8, 4) is 62.1 Å². The second kappa shape index (κ2) is 13.6. The molecule has 0 amide bonds. The Morgan fingerprint density at radius 3 is 1.00 bits per heavy atom. The maximum absolute atomic E-state index is 5.29. The van der Waals surface area contributed by atoms with Crippen LogP contribution in [0.15, 0.2) is 206 Å². The van der Waals surface area contributed by atoms with Crippen LogP contribution in [0.5, 0.6) is 0 Å². The minimum atomic E-state index is 0.577. The fraction of sp³-hybridized carbons (Fsp3) is 0. The van der Waals surface area contributed by atoms with Crippen molar-refractivity contribution in [1.82, 2.24) is 19.5 Å². The number of aromatic nitrogens is 4. The molecule has 9 aromatic carbocycles. The second-order valence-corrected chi connectivity index (χ2v) is 14.4. The van der Waals surface area contributed by atoms with E-state index in [0.717, 1.165) is 38.9 Å². The van der Waals surface area contributed by atoms with Gasteiger partial charge in [0.15, 0.2) is 11.6 Å². The van der Waals surface area contributed by atoms with E-state index in [9.17, 15) is 0 Å². The Labute approximate surface area is 330 Å². The van der Waals surface area contributed by atoms with Crippen LogP contribution in [0, 0.1) is 0 Å². The normalized spacial score (nSPS) is 11.5. The third kappa shape index (κ3) is 5.74. The Balaban J connectivity index is 1.09. The maximum atomic E-state index is 5.29. The van der Waals surface area contributed by atoms with E-state index in [1.807, 2.05) is 12.1 Å². The molecule has 2 heterocycles. The van der Waals surface area contributed by atoms with Crippen LogP contribution in [-0.4, -0.2) is 19.5 Å². The van der Waals surface area contributed by atoms with Gasteiger partial charge in [0.2, 0.25) is 5.95 Å². The van der Waals surface area contributed by atoms with Gasteiger partial charge in [-0.15, -0.1) is 0 Å². The first kappa shape index (κ1) is 32.7. The van der Waals surface area contributed by atoms with E-state index in [1.165, 1.54) is 49.0 Å². The molecule has 0 aliphatic rings. The van der Waals surface area contributed by atoms with Gasteiger partial charge in [0.25, 0.3) is 0 Å². The van der Waals surface area contributed by atoms with E-state index in [4.69, 9.17) is 15.0 Å². The zero-order valence-electron chi connectivity index (χ0n) is 30.9. The summed E-state index contributed by atoms with van der Waals surface area (Å²) in [5, 5.41) is 7.18. The van der Waals surface area contributed by atoms with E-state index < -0.39 is 0 Å². The summed E-state index contributed by atoms with van der Waals surface area (Å²) in [7, 11) is 0. The van der Waals surface area contributed by atoms with E-state index in [0.29, 0.717) is 17.6 Å². The van der Waals surface area contributed by atoms with Gasteiger partial charge < -0.3 is 0 Å². The van der Waals surface area contributed by atoms with Crippen molar-refractivity contribution in [2.45, 2.75) is 0 Å². The summed E-state index contributed by atoms with van der Waals surface area (Å²) in [6, 6.07) is 72.8. The molecule has 4 nitrogen and oxygen atoms in total. The van der Waals surface area contributed by atoms with Crippen LogP contribution in [0.1, 0.15) is 0 Å². The summed E-state index contributed by atoms with van der Waals surface area (Å²) >= 11 is 0. The number of fused-ring (bicyclic) bond motifs is 7. The molecular weight excluding hydrogens is 693 g/mol. The van der Waals surface area contributed by atoms with E-state index >= 15 is 0 Å². The van der Waals surface area contributed by atoms with E-state index in [-0.39, 0.29) is 0 Å². The lowest BCUT2D eigenvalue weighted by molar-refractivity contribution is 0.954. The molecule has 0 bridgehead atoms. The molecule has 0 aliphatic heterocycles. The topological polar surface area (TPSA) is 43.6 Å². The van der Waals surface area contributed by atoms with Crippen molar-refractivity contribution in [1.29, 1.82) is 0 Å². The Hall–Kier alpha value is -7.69. The van der Waals surface area contributed by atoms with Gasteiger partial charge in [0, 0.05) is 21.9 Å². The monoisotopic (exact) mass is 726 g/mol. The van der Waals surface area contributed by atoms with Crippen LogP contribution >= 0.6 is 0 Å². The minimum absolute atomic E-state index is 0.577. The Morgan fingerprint density at radius 1 is 0.263 bits per heavy atom. The zero-order valence-corrected chi connectivity index (χ0v) is 30.9. The Morgan fingerprint density at radius 2 is 0.596 bits per heavy atom. The Kier molecular flexibility index (Phi) is 7.78. The predicted molar refractivity (Wildman–Crippen MR) is 236 cm³/mol. The summed E-state index contributed by atoms with van der Waals surface area (Å²) < 4.78 is 2.22. The van der Waals surface area contributed by atoms with Crippen LogP contribution in [0.25, 0.3) is 105 Å². The molecule has 11 rings (SSSR count). The minimum Gasteiger partial charge on any atom is -0.278 e. The van der Waals surface area contributed by atoms with Crippen molar-refractivity contribution in [3.63, 3.8) is 0 Å². The molecule has 0 fully saturated rings. The fourth-order valence-corrected chi connectivity index (χ4v) is 8.23. The van der Waals surface area contributed by atoms with Crippen molar-refractivity contribution in [2.75, 3.05) is 0 Å². The predicted octanol–water partition coefficient (Wildman–Crippen LogP) is 13.6. The van der Waals surface area contributed by atoms with E-state index in [1.54, 1.807) is 0 Å². The highest BCUT2D eigenvalue weighted by Gasteiger charge is 2.21. The number of rotatable bonds is 6. The summed E-state index contributed by atoms with van der Waals surface area (Å²) in [5.41, 5.74) is 10.9. The highest BCUT2D eigenvalue weighted by molar-refractivity contribution is 6.28. The highest BCUT2D eigenvalue weighted by atomic mass is 15.2. The molecule has 0 atom stereocenters. The average molecular weight is 727 g/mol. The lowest BCUT2D eigenvalue weighted by atomic mass is 9.99. The summed E-state index contributed by atoms with van der Waals surface area (Å²) in [6.07, 6.45) is 0. The van der Waals surface area contributed by atoms with Gasteiger partial charge in [0.05, 0.1) is 11.0 Å². The Bertz CT molecular complexity index is 3150. The maximum Gasteiger partial charge on any atom is 0.238 e. The lowest BCUT2D eigenvalue weighted by Gasteiger charge is -2.12. The average Bonchev–Trinajstić information content (AvgIpc) is 3.65. The van der Waals surface area contributed by atoms with Crippen LogP contribution < -0.4 is 0 Å². The molecule has 0 radical (unpaired) electrons. The van der Waals surface area contributed by atoms with Gasteiger partial charge in [-0.1, -0.05) is 194 Å². The molecule has 57 heavy (non-hydrogen) atoms. The summed E-state index contributed by atoms with van der Waals surface area (Å²) in [5.74, 6) is 1.81. The van der Waals surface area contributed by atoms with Crippen LogP contribution in [-0.2, 0) is 0 Å². The van der Waals surface area contributed by atoms with E-state index in [2.05, 4.69) is 199 Å².